The molecular weight excluding hydrogens is 267 g/mol. The highest BCUT2D eigenvalue weighted by atomic mass is 19.1. The normalized spacial score (nSPS) is 13.8. The Bertz CT molecular complexity index is 568. The number of hydrogen-bond acceptors (Lipinski definition) is 3. The monoisotopic (exact) mass is 288 g/mol. The van der Waals surface area contributed by atoms with Gasteiger partial charge in [0.25, 0.3) is 0 Å². The smallest absolute Gasteiger partial charge is 0.141 e. The van der Waals surface area contributed by atoms with Crippen molar-refractivity contribution in [2.45, 2.75) is 20.0 Å². The van der Waals surface area contributed by atoms with Crippen molar-refractivity contribution >= 4 is 5.69 Å². The van der Waals surface area contributed by atoms with Gasteiger partial charge in [-0.05, 0) is 31.2 Å². The molecule has 2 aromatic rings. The first-order valence-electron chi connectivity index (χ1n) is 7.04. The molecule has 3 nitrogen and oxygen atoms in total. The molecule has 0 bridgehead atoms. The van der Waals surface area contributed by atoms with E-state index in [1.807, 2.05) is 14.0 Å². The maximum absolute atomic E-state index is 12.9. The summed E-state index contributed by atoms with van der Waals surface area (Å²) < 4.78 is 12.9. The Morgan fingerprint density at radius 2 is 1.86 bits per heavy atom. The van der Waals surface area contributed by atoms with Gasteiger partial charge < -0.3 is 10.0 Å². The molecule has 112 valence electrons. The van der Waals surface area contributed by atoms with Crippen LogP contribution in [0.4, 0.5) is 10.1 Å². The van der Waals surface area contributed by atoms with Gasteiger partial charge >= 0.3 is 0 Å². The van der Waals surface area contributed by atoms with Crippen molar-refractivity contribution in [1.82, 2.24) is 4.98 Å². The van der Waals surface area contributed by atoms with Gasteiger partial charge in [0.15, 0.2) is 0 Å². The number of aliphatic hydroxyl groups excluding tert-OH is 1. The Morgan fingerprint density at radius 3 is 2.43 bits per heavy atom. The maximum Gasteiger partial charge on any atom is 0.141 e. The number of hydrogen-bond donors (Lipinski definition) is 1. The molecule has 0 amide bonds. The van der Waals surface area contributed by atoms with Crippen LogP contribution in [-0.2, 0) is 0 Å². The minimum absolute atomic E-state index is 0.0192. The second kappa shape index (κ2) is 6.68. The number of aryl methyl sites for hydroxylation is 1. The maximum atomic E-state index is 12.9. The zero-order valence-electron chi connectivity index (χ0n) is 12.6. The second-order valence-electron chi connectivity index (χ2n) is 5.54. The van der Waals surface area contributed by atoms with Gasteiger partial charge in [-0.2, -0.15) is 0 Å². The summed E-state index contributed by atoms with van der Waals surface area (Å²) in [5.41, 5.74) is 2.82. The molecule has 1 aromatic heterocycles. The molecule has 0 spiro atoms. The number of rotatable bonds is 5. The second-order valence-corrected chi connectivity index (χ2v) is 5.54. The zero-order chi connectivity index (χ0) is 15.4. The molecule has 21 heavy (non-hydrogen) atoms. The van der Waals surface area contributed by atoms with Gasteiger partial charge in [-0.1, -0.05) is 24.6 Å². The van der Waals surface area contributed by atoms with Crippen LogP contribution in [0.15, 0.2) is 42.6 Å². The lowest BCUT2D eigenvalue weighted by Gasteiger charge is -2.26. The van der Waals surface area contributed by atoms with Crippen molar-refractivity contribution in [3.63, 3.8) is 0 Å². The highest BCUT2D eigenvalue weighted by Gasteiger charge is 2.19. The first-order chi connectivity index (χ1) is 9.97. The summed E-state index contributed by atoms with van der Waals surface area (Å²) in [4.78, 5) is 6.04. The zero-order valence-corrected chi connectivity index (χ0v) is 12.6. The van der Waals surface area contributed by atoms with Gasteiger partial charge in [0, 0.05) is 25.2 Å². The lowest BCUT2D eigenvalue weighted by molar-refractivity contribution is 0.116. The van der Waals surface area contributed by atoms with Crippen LogP contribution in [0, 0.1) is 18.7 Å². The molecule has 1 N–H and O–H groups in total. The number of benzene rings is 1. The van der Waals surface area contributed by atoms with Crippen molar-refractivity contribution in [2.24, 2.45) is 5.92 Å². The third kappa shape index (κ3) is 4.02. The molecule has 0 aliphatic rings. The Morgan fingerprint density at radius 1 is 1.19 bits per heavy atom. The molecule has 2 atom stereocenters. The summed E-state index contributed by atoms with van der Waals surface area (Å²) in [6.07, 6.45) is 0.424. The van der Waals surface area contributed by atoms with Crippen LogP contribution in [0.2, 0.25) is 0 Å². The summed E-state index contributed by atoms with van der Waals surface area (Å²) >= 11 is 0. The van der Waals surface area contributed by atoms with Crippen LogP contribution in [-0.4, -0.2) is 23.7 Å². The Hall–Kier alpha value is -1.94. The van der Waals surface area contributed by atoms with Crippen LogP contribution in [0.1, 0.15) is 24.3 Å². The lowest BCUT2D eigenvalue weighted by atomic mass is 10.0. The van der Waals surface area contributed by atoms with E-state index in [1.54, 1.807) is 0 Å². The summed E-state index contributed by atoms with van der Waals surface area (Å²) in [5.74, 6) is -0.412. The van der Waals surface area contributed by atoms with Crippen LogP contribution in [0.3, 0.4) is 0 Å². The molecule has 1 heterocycles. The SMILES string of the molecule is Cc1ccc(N(C)CC(C)C(O)c2ccc(F)cn2)cc1. The topological polar surface area (TPSA) is 36.4 Å². The van der Waals surface area contributed by atoms with Gasteiger partial charge in [0.2, 0.25) is 0 Å². The molecule has 0 saturated heterocycles. The molecular formula is C17H21FN2O. The molecule has 0 aliphatic carbocycles. The quantitative estimate of drug-likeness (QED) is 0.916. The number of halogens is 1. The fourth-order valence-electron chi connectivity index (χ4n) is 2.29. The molecule has 2 rings (SSSR count). The number of pyridine rings is 1. The van der Waals surface area contributed by atoms with Gasteiger partial charge in [0.1, 0.15) is 11.9 Å². The van der Waals surface area contributed by atoms with Crippen molar-refractivity contribution in [3.05, 3.63) is 59.7 Å². The third-order valence-corrected chi connectivity index (χ3v) is 3.63. The first kappa shape index (κ1) is 15.4. The lowest BCUT2D eigenvalue weighted by Crippen LogP contribution is -2.27. The molecule has 0 radical (unpaired) electrons. The van der Waals surface area contributed by atoms with Gasteiger partial charge in [0.05, 0.1) is 11.9 Å². The van der Waals surface area contributed by atoms with E-state index in [0.717, 1.165) is 11.9 Å². The molecule has 0 fully saturated rings. The summed E-state index contributed by atoms with van der Waals surface area (Å²) in [6, 6.07) is 11.1. The largest absolute Gasteiger partial charge is 0.386 e. The highest BCUT2D eigenvalue weighted by Crippen LogP contribution is 2.23. The van der Waals surface area contributed by atoms with Crippen molar-refractivity contribution < 1.29 is 9.50 Å². The average Bonchev–Trinajstić information content (AvgIpc) is 2.47. The van der Waals surface area contributed by atoms with E-state index in [-0.39, 0.29) is 5.92 Å². The van der Waals surface area contributed by atoms with E-state index in [9.17, 15) is 9.50 Å². The average molecular weight is 288 g/mol. The molecule has 2 unspecified atom stereocenters. The van der Waals surface area contributed by atoms with E-state index < -0.39 is 11.9 Å². The third-order valence-electron chi connectivity index (χ3n) is 3.63. The summed E-state index contributed by atoms with van der Waals surface area (Å²) in [7, 11) is 1.99. The van der Waals surface area contributed by atoms with E-state index in [2.05, 4.69) is 41.1 Å². The highest BCUT2D eigenvalue weighted by molar-refractivity contribution is 5.46. The van der Waals surface area contributed by atoms with Crippen LogP contribution >= 0.6 is 0 Å². The predicted octanol–water partition coefficient (Wildman–Crippen LogP) is 3.34. The van der Waals surface area contributed by atoms with Crippen molar-refractivity contribution in [1.29, 1.82) is 0 Å². The minimum atomic E-state index is -0.710. The standard InChI is InChI=1S/C17H21FN2O/c1-12-4-7-15(8-5-12)20(3)11-13(2)17(21)16-9-6-14(18)10-19-16/h4-10,13,17,21H,11H2,1-3H3. The Labute approximate surface area is 125 Å². The summed E-state index contributed by atoms with van der Waals surface area (Å²) in [6.45, 7) is 4.69. The van der Waals surface area contributed by atoms with Gasteiger partial charge in [-0.15, -0.1) is 0 Å². The van der Waals surface area contributed by atoms with E-state index in [1.165, 1.54) is 17.7 Å². The van der Waals surface area contributed by atoms with Crippen LogP contribution in [0.25, 0.3) is 0 Å². The van der Waals surface area contributed by atoms with Crippen molar-refractivity contribution in [2.75, 3.05) is 18.5 Å². The number of anilines is 1. The van der Waals surface area contributed by atoms with Gasteiger partial charge in [-0.3, -0.25) is 4.98 Å². The first-order valence-corrected chi connectivity index (χ1v) is 7.04. The molecule has 0 aliphatic heterocycles. The van der Waals surface area contributed by atoms with Crippen molar-refractivity contribution in [3.8, 4) is 0 Å². The number of aliphatic hydroxyl groups is 1. The van der Waals surface area contributed by atoms with Gasteiger partial charge in [-0.25, -0.2) is 4.39 Å². The van der Waals surface area contributed by atoms with E-state index in [4.69, 9.17) is 0 Å². The van der Waals surface area contributed by atoms with Crippen LogP contribution < -0.4 is 4.90 Å². The fraction of sp³-hybridized carbons (Fsp3) is 0.353. The Balaban J connectivity index is 2.01. The summed E-state index contributed by atoms with van der Waals surface area (Å²) in [5, 5.41) is 10.3. The molecule has 1 aromatic carbocycles. The van der Waals surface area contributed by atoms with Crippen LogP contribution in [0.5, 0.6) is 0 Å². The predicted molar refractivity (Wildman–Crippen MR) is 82.8 cm³/mol. The number of aromatic nitrogens is 1. The Kier molecular flexibility index (Phi) is 4.91. The fourth-order valence-corrected chi connectivity index (χ4v) is 2.29. The number of nitrogens with zero attached hydrogens (tertiary/aromatic N) is 2. The van der Waals surface area contributed by atoms with E-state index in [0.29, 0.717) is 12.2 Å². The minimum Gasteiger partial charge on any atom is -0.386 e. The molecule has 4 heteroatoms. The molecule has 0 saturated carbocycles. The van der Waals surface area contributed by atoms with E-state index >= 15 is 0 Å².